The second-order valence-electron chi connectivity index (χ2n) is 5.91. The van der Waals surface area contributed by atoms with E-state index in [1.165, 1.54) is 0 Å². The van der Waals surface area contributed by atoms with Crippen LogP contribution in [-0.4, -0.2) is 48.5 Å². The average Bonchev–Trinajstić information content (AvgIpc) is 2.98. The van der Waals surface area contributed by atoms with Gasteiger partial charge in [-0.1, -0.05) is 13.8 Å². The van der Waals surface area contributed by atoms with E-state index in [1.807, 2.05) is 10.9 Å². The summed E-state index contributed by atoms with van der Waals surface area (Å²) in [6, 6.07) is 2.13. The van der Waals surface area contributed by atoms with Crippen LogP contribution in [0.5, 0.6) is 0 Å². The van der Waals surface area contributed by atoms with Crippen LogP contribution in [0, 0.1) is 5.92 Å². The Balaban J connectivity index is 1.89. The van der Waals surface area contributed by atoms with Gasteiger partial charge in [0.2, 0.25) is 0 Å². The zero-order valence-electron chi connectivity index (χ0n) is 13.1. The standard InChI is InChI=1S/C15H26N4O2/c1-11(2)14(21-3)10-17-15(20)13-6-8-19(18-13)12-5-4-7-16-9-12/h6,8,11-12,14,16H,4-5,7,9-10H2,1-3H3,(H,17,20). The van der Waals surface area contributed by atoms with Crippen molar-refractivity contribution in [3.05, 3.63) is 18.0 Å². The quantitative estimate of drug-likeness (QED) is 0.827. The van der Waals surface area contributed by atoms with Crippen LogP contribution in [0.4, 0.5) is 0 Å². The number of ether oxygens (including phenoxy) is 1. The number of methoxy groups -OCH3 is 1. The minimum atomic E-state index is -0.139. The number of carbonyl (C=O) groups is 1. The topological polar surface area (TPSA) is 68.2 Å². The summed E-state index contributed by atoms with van der Waals surface area (Å²) in [6.45, 7) is 6.64. The molecular formula is C15H26N4O2. The number of hydrogen-bond donors (Lipinski definition) is 2. The van der Waals surface area contributed by atoms with Crippen molar-refractivity contribution in [1.82, 2.24) is 20.4 Å². The molecule has 0 saturated carbocycles. The molecule has 118 valence electrons. The van der Waals surface area contributed by atoms with Crippen molar-refractivity contribution in [2.75, 3.05) is 26.7 Å². The molecule has 0 spiro atoms. The van der Waals surface area contributed by atoms with Crippen molar-refractivity contribution in [2.45, 2.75) is 38.8 Å². The van der Waals surface area contributed by atoms with Crippen molar-refractivity contribution in [2.24, 2.45) is 5.92 Å². The molecule has 1 aromatic heterocycles. The second kappa shape index (κ2) is 7.56. The molecule has 6 nitrogen and oxygen atoms in total. The van der Waals surface area contributed by atoms with Crippen LogP contribution >= 0.6 is 0 Å². The molecule has 2 N–H and O–H groups in total. The fourth-order valence-corrected chi connectivity index (χ4v) is 2.60. The Kier molecular flexibility index (Phi) is 5.76. The average molecular weight is 294 g/mol. The van der Waals surface area contributed by atoms with Gasteiger partial charge in [0.15, 0.2) is 0 Å². The Morgan fingerprint density at radius 2 is 2.43 bits per heavy atom. The molecule has 1 aliphatic rings. The summed E-state index contributed by atoms with van der Waals surface area (Å²) in [5.41, 5.74) is 0.471. The molecule has 2 heterocycles. The van der Waals surface area contributed by atoms with Crippen molar-refractivity contribution >= 4 is 5.91 Å². The normalized spacial score (nSPS) is 20.5. The number of nitrogens with one attached hydrogen (secondary N) is 2. The van der Waals surface area contributed by atoms with Gasteiger partial charge in [0, 0.05) is 26.4 Å². The molecule has 0 aliphatic carbocycles. The molecule has 6 heteroatoms. The molecular weight excluding hydrogens is 268 g/mol. The van der Waals surface area contributed by atoms with Crippen LogP contribution in [-0.2, 0) is 4.74 Å². The van der Waals surface area contributed by atoms with Crippen molar-refractivity contribution in [1.29, 1.82) is 0 Å². The molecule has 1 amide bonds. The monoisotopic (exact) mass is 294 g/mol. The zero-order valence-corrected chi connectivity index (χ0v) is 13.1. The van der Waals surface area contributed by atoms with E-state index in [0.29, 0.717) is 24.2 Å². The molecule has 1 fully saturated rings. The Bertz CT molecular complexity index is 452. The molecule has 1 aromatic rings. The number of amides is 1. The summed E-state index contributed by atoms with van der Waals surface area (Å²) < 4.78 is 7.25. The predicted molar refractivity (Wildman–Crippen MR) is 81.3 cm³/mol. The zero-order chi connectivity index (χ0) is 15.2. The minimum absolute atomic E-state index is 0.0265. The van der Waals surface area contributed by atoms with Gasteiger partial charge in [0.05, 0.1) is 12.1 Å². The number of hydrogen-bond acceptors (Lipinski definition) is 4. The van der Waals surface area contributed by atoms with Gasteiger partial charge in [0.25, 0.3) is 5.91 Å². The summed E-state index contributed by atoms with van der Waals surface area (Å²) in [7, 11) is 1.67. The van der Waals surface area contributed by atoms with Gasteiger partial charge >= 0.3 is 0 Å². The fourth-order valence-electron chi connectivity index (χ4n) is 2.60. The lowest BCUT2D eigenvalue weighted by Gasteiger charge is -2.23. The molecule has 0 bridgehead atoms. The van der Waals surface area contributed by atoms with Crippen LogP contribution in [0.15, 0.2) is 12.3 Å². The molecule has 2 unspecified atom stereocenters. The summed E-state index contributed by atoms with van der Waals surface area (Å²) in [6.07, 6.45) is 4.17. The van der Waals surface area contributed by atoms with Crippen LogP contribution < -0.4 is 10.6 Å². The highest BCUT2D eigenvalue weighted by atomic mass is 16.5. The lowest BCUT2D eigenvalue weighted by molar-refractivity contribution is 0.0603. The van der Waals surface area contributed by atoms with E-state index in [2.05, 4.69) is 29.6 Å². The molecule has 2 atom stereocenters. The van der Waals surface area contributed by atoms with Gasteiger partial charge in [-0.05, 0) is 31.4 Å². The maximum atomic E-state index is 12.1. The highest BCUT2D eigenvalue weighted by molar-refractivity contribution is 5.92. The van der Waals surface area contributed by atoms with Crippen molar-refractivity contribution < 1.29 is 9.53 Å². The highest BCUT2D eigenvalue weighted by Gasteiger charge is 2.19. The molecule has 2 rings (SSSR count). The molecule has 0 radical (unpaired) electrons. The lowest BCUT2D eigenvalue weighted by atomic mass is 10.1. The third-order valence-corrected chi connectivity index (χ3v) is 4.00. The largest absolute Gasteiger partial charge is 0.379 e. The van der Waals surface area contributed by atoms with Gasteiger partial charge in [-0.3, -0.25) is 9.48 Å². The smallest absolute Gasteiger partial charge is 0.271 e. The Morgan fingerprint density at radius 3 is 3.05 bits per heavy atom. The van der Waals surface area contributed by atoms with Gasteiger partial charge < -0.3 is 15.4 Å². The van der Waals surface area contributed by atoms with E-state index in [9.17, 15) is 4.79 Å². The van der Waals surface area contributed by atoms with E-state index in [0.717, 1.165) is 25.9 Å². The predicted octanol–water partition coefficient (Wildman–Crippen LogP) is 1.21. The Hall–Kier alpha value is -1.40. The van der Waals surface area contributed by atoms with Gasteiger partial charge in [-0.15, -0.1) is 0 Å². The third-order valence-electron chi connectivity index (χ3n) is 4.00. The summed E-state index contributed by atoms with van der Waals surface area (Å²) in [4.78, 5) is 12.1. The van der Waals surface area contributed by atoms with E-state index >= 15 is 0 Å². The van der Waals surface area contributed by atoms with E-state index < -0.39 is 0 Å². The maximum absolute atomic E-state index is 12.1. The SMILES string of the molecule is COC(CNC(=O)c1ccn(C2CCCNC2)n1)C(C)C. The number of aromatic nitrogens is 2. The maximum Gasteiger partial charge on any atom is 0.271 e. The second-order valence-corrected chi connectivity index (χ2v) is 5.91. The molecule has 21 heavy (non-hydrogen) atoms. The first kappa shape index (κ1) is 16.0. The summed E-state index contributed by atoms with van der Waals surface area (Å²) in [5.74, 6) is 0.224. The molecule has 0 aromatic carbocycles. The van der Waals surface area contributed by atoms with Gasteiger partial charge in [-0.2, -0.15) is 5.10 Å². The first-order valence-electron chi connectivity index (χ1n) is 7.68. The van der Waals surface area contributed by atoms with E-state index in [4.69, 9.17) is 4.74 Å². The molecule has 1 saturated heterocycles. The van der Waals surface area contributed by atoms with Crippen molar-refractivity contribution in [3.8, 4) is 0 Å². The number of nitrogens with zero attached hydrogens (tertiary/aromatic N) is 2. The first-order chi connectivity index (χ1) is 10.1. The lowest BCUT2D eigenvalue weighted by Crippen LogP contribution is -2.36. The minimum Gasteiger partial charge on any atom is -0.379 e. The van der Waals surface area contributed by atoms with Gasteiger partial charge in [-0.25, -0.2) is 0 Å². The summed E-state index contributed by atoms with van der Waals surface area (Å²) in [5, 5.41) is 10.7. The van der Waals surface area contributed by atoms with Crippen LogP contribution in [0.3, 0.4) is 0 Å². The number of carbonyl (C=O) groups excluding carboxylic acids is 1. The number of rotatable bonds is 6. The first-order valence-corrected chi connectivity index (χ1v) is 7.68. The highest BCUT2D eigenvalue weighted by Crippen LogP contribution is 2.15. The van der Waals surface area contributed by atoms with Crippen LogP contribution in [0.25, 0.3) is 0 Å². The summed E-state index contributed by atoms with van der Waals surface area (Å²) >= 11 is 0. The molecule has 1 aliphatic heterocycles. The van der Waals surface area contributed by atoms with E-state index in [-0.39, 0.29) is 12.0 Å². The third kappa shape index (κ3) is 4.28. The van der Waals surface area contributed by atoms with Gasteiger partial charge in [0.1, 0.15) is 5.69 Å². The van der Waals surface area contributed by atoms with Crippen molar-refractivity contribution in [3.63, 3.8) is 0 Å². The number of piperidine rings is 1. The van der Waals surface area contributed by atoms with Crippen LogP contribution in [0.1, 0.15) is 43.2 Å². The van der Waals surface area contributed by atoms with E-state index in [1.54, 1.807) is 13.2 Å². The fraction of sp³-hybridized carbons (Fsp3) is 0.733. The van der Waals surface area contributed by atoms with Crippen LogP contribution in [0.2, 0.25) is 0 Å². The Labute approximate surface area is 126 Å². The Morgan fingerprint density at radius 1 is 1.62 bits per heavy atom.